The van der Waals surface area contributed by atoms with Crippen molar-refractivity contribution in [1.29, 1.82) is 0 Å². The van der Waals surface area contributed by atoms with Gasteiger partial charge in [-0.05, 0) is 26.7 Å². The molecule has 0 amide bonds. The van der Waals surface area contributed by atoms with Gasteiger partial charge in [-0.25, -0.2) is 0 Å². The van der Waals surface area contributed by atoms with E-state index in [0.29, 0.717) is 19.8 Å². The van der Waals surface area contributed by atoms with Crippen molar-refractivity contribution in [2.24, 2.45) is 0 Å². The van der Waals surface area contributed by atoms with Crippen molar-refractivity contribution in [3.8, 4) is 0 Å². The summed E-state index contributed by atoms with van der Waals surface area (Å²) in [5, 5.41) is 13.4. The summed E-state index contributed by atoms with van der Waals surface area (Å²) in [5.74, 6) is 0. The van der Waals surface area contributed by atoms with Crippen LogP contribution in [-0.4, -0.2) is 43.3 Å². The van der Waals surface area contributed by atoms with E-state index in [2.05, 4.69) is 5.32 Å². The van der Waals surface area contributed by atoms with Gasteiger partial charge >= 0.3 is 0 Å². The van der Waals surface area contributed by atoms with Crippen molar-refractivity contribution in [2.45, 2.75) is 64.4 Å². The van der Waals surface area contributed by atoms with Crippen LogP contribution in [0.4, 0.5) is 0 Å². The molecule has 102 valence electrons. The van der Waals surface area contributed by atoms with Crippen molar-refractivity contribution < 1.29 is 14.6 Å². The van der Waals surface area contributed by atoms with Gasteiger partial charge in [-0.1, -0.05) is 19.3 Å². The van der Waals surface area contributed by atoms with Crippen molar-refractivity contribution in [2.75, 3.05) is 19.8 Å². The summed E-state index contributed by atoms with van der Waals surface area (Å²) in [6.07, 6.45) is 5.11. The highest BCUT2D eigenvalue weighted by Crippen LogP contribution is 2.18. The largest absolute Gasteiger partial charge is 0.392 e. The van der Waals surface area contributed by atoms with E-state index in [1.54, 1.807) is 0 Å². The molecule has 1 rings (SSSR count). The molecule has 0 spiro atoms. The van der Waals surface area contributed by atoms with Crippen LogP contribution in [0, 0.1) is 0 Å². The molecule has 1 saturated carbocycles. The van der Waals surface area contributed by atoms with Crippen LogP contribution in [0.5, 0.6) is 0 Å². The number of ether oxygens (including phenoxy) is 2. The normalized spacial score (nSPS) is 26.1. The zero-order valence-corrected chi connectivity index (χ0v) is 11.2. The van der Waals surface area contributed by atoms with Gasteiger partial charge in [0.1, 0.15) is 0 Å². The number of rotatable bonds is 7. The highest BCUT2D eigenvalue weighted by atomic mass is 16.7. The van der Waals surface area contributed by atoms with Crippen molar-refractivity contribution in [1.82, 2.24) is 5.32 Å². The molecule has 17 heavy (non-hydrogen) atoms. The molecule has 4 heteroatoms. The minimum Gasteiger partial charge on any atom is -0.392 e. The third-order valence-electron chi connectivity index (χ3n) is 3.23. The van der Waals surface area contributed by atoms with E-state index >= 15 is 0 Å². The SMILES string of the molecule is CCOC(CNC1CCCCCC1O)OCC. The van der Waals surface area contributed by atoms with Gasteiger partial charge in [0, 0.05) is 25.8 Å². The molecule has 0 aromatic heterocycles. The predicted molar refractivity (Wildman–Crippen MR) is 67.9 cm³/mol. The molecule has 0 heterocycles. The molecule has 1 aliphatic rings. The summed E-state index contributed by atoms with van der Waals surface area (Å²) >= 11 is 0. The quantitative estimate of drug-likeness (QED) is 0.529. The number of nitrogens with one attached hydrogen (secondary N) is 1. The zero-order chi connectivity index (χ0) is 12.5. The van der Waals surface area contributed by atoms with E-state index in [1.807, 2.05) is 13.8 Å². The Morgan fingerprint density at radius 2 is 1.76 bits per heavy atom. The fourth-order valence-corrected chi connectivity index (χ4v) is 2.31. The molecule has 1 fully saturated rings. The second kappa shape index (κ2) is 8.86. The summed E-state index contributed by atoms with van der Waals surface area (Å²) in [5.41, 5.74) is 0. The molecular weight excluding hydrogens is 218 g/mol. The van der Waals surface area contributed by atoms with Crippen molar-refractivity contribution in [3.05, 3.63) is 0 Å². The Morgan fingerprint density at radius 1 is 1.12 bits per heavy atom. The first-order valence-electron chi connectivity index (χ1n) is 6.92. The Labute approximate surface area is 105 Å². The predicted octanol–water partition coefficient (Wildman–Crippen LogP) is 1.67. The van der Waals surface area contributed by atoms with Crippen molar-refractivity contribution >= 4 is 0 Å². The molecule has 0 bridgehead atoms. The summed E-state index contributed by atoms with van der Waals surface area (Å²) in [6, 6.07) is 0.195. The molecule has 2 unspecified atom stereocenters. The minimum absolute atomic E-state index is 0.194. The third-order valence-corrected chi connectivity index (χ3v) is 3.23. The highest BCUT2D eigenvalue weighted by molar-refractivity contribution is 4.79. The molecule has 0 saturated heterocycles. The number of hydrogen-bond donors (Lipinski definition) is 2. The molecular formula is C13H27NO3. The van der Waals surface area contributed by atoms with Crippen LogP contribution >= 0.6 is 0 Å². The van der Waals surface area contributed by atoms with E-state index in [0.717, 1.165) is 19.3 Å². The Hall–Kier alpha value is -0.160. The second-order valence-corrected chi connectivity index (χ2v) is 4.56. The average molecular weight is 245 g/mol. The van der Waals surface area contributed by atoms with E-state index < -0.39 is 0 Å². The van der Waals surface area contributed by atoms with Crippen LogP contribution in [0.1, 0.15) is 46.0 Å². The van der Waals surface area contributed by atoms with E-state index in [4.69, 9.17) is 9.47 Å². The summed E-state index contributed by atoms with van der Waals surface area (Å²) < 4.78 is 10.9. The Balaban J connectivity index is 2.29. The molecule has 4 nitrogen and oxygen atoms in total. The second-order valence-electron chi connectivity index (χ2n) is 4.56. The highest BCUT2D eigenvalue weighted by Gasteiger charge is 2.22. The molecule has 0 aliphatic heterocycles. The maximum Gasteiger partial charge on any atom is 0.169 e. The first-order valence-corrected chi connectivity index (χ1v) is 6.92. The molecule has 2 N–H and O–H groups in total. The van der Waals surface area contributed by atoms with E-state index in [1.165, 1.54) is 12.8 Å². The lowest BCUT2D eigenvalue weighted by atomic mass is 10.1. The van der Waals surface area contributed by atoms with Crippen molar-refractivity contribution in [3.63, 3.8) is 0 Å². The van der Waals surface area contributed by atoms with Gasteiger partial charge in [0.05, 0.1) is 6.10 Å². The summed E-state index contributed by atoms with van der Waals surface area (Å²) in [6.45, 7) is 5.89. The van der Waals surface area contributed by atoms with Gasteiger partial charge in [0.15, 0.2) is 6.29 Å². The molecule has 0 aromatic rings. The van der Waals surface area contributed by atoms with Gasteiger partial charge in [-0.2, -0.15) is 0 Å². The van der Waals surface area contributed by atoms with Gasteiger partial charge in [-0.3, -0.25) is 0 Å². The number of hydrogen-bond acceptors (Lipinski definition) is 4. The van der Waals surface area contributed by atoms with Gasteiger partial charge in [-0.15, -0.1) is 0 Å². The average Bonchev–Trinajstić information content (AvgIpc) is 2.52. The molecule has 0 radical (unpaired) electrons. The first-order chi connectivity index (χ1) is 8.27. The monoisotopic (exact) mass is 245 g/mol. The van der Waals surface area contributed by atoms with Gasteiger partial charge < -0.3 is 19.9 Å². The molecule has 0 aromatic carbocycles. The Morgan fingerprint density at radius 3 is 2.41 bits per heavy atom. The maximum atomic E-state index is 9.98. The van der Waals surface area contributed by atoms with Crippen LogP contribution in [0.15, 0.2) is 0 Å². The third kappa shape index (κ3) is 5.82. The van der Waals surface area contributed by atoms with E-state index in [-0.39, 0.29) is 18.4 Å². The van der Waals surface area contributed by atoms with Crippen LogP contribution in [0.25, 0.3) is 0 Å². The Kier molecular flexibility index (Phi) is 7.77. The number of aliphatic hydroxyl groups is 1. The number of aliphatic hydroxyl groups excluding tert-OH is 1. The molecule has 2 atom stereocenters. The van der Waals surface area contributed by atoms with Crippen LogP contribution in [0.3, 0.4) is 0 Å². The summed E-state index contributed by atoms with van der Waals surface area (Å²) in [7, 11) is 0. The zero-order valence-electron chi connectivity index (χ0n) is 11.2. The minimum atomic E-state index is -0.221. The Bertz CT molecular complexity index is 184. The van der Waals surface area contributed by atoms with Gasteiger partial charge in [0.2, 0.25) is 0 Å². The molecule has 1 aliphatic carbocycles. The lowest BCUT2D eigenvalue weighted by Gasteiger charge is -2.25. The van der Waals surface area contributed by atoms with E-state index in [9.17, 15) is 5.11 Å². The lowest BCUT2D eigenvalue weighted by Crippen LogP contribution is -2.44. The fraction of sp³-hybridized carbons (Fsp3) is 1.00. The van der Waals surface area contributed by atoms with Crippen LogP contribution in [-0.2, 0) is 9.47 Å². The van der Waals surface area contributed by atoms with Crippen LogP contribution in [0.2, 0.25) is 0 Å². The fourth-order valence-electron chi connectivity index (χ4n) is 2.31. The smallest absolute Gasteiger partial charge is 0.169 e. The van der Waals surface area contributed by atoms with Crippen LogP contribution < -0.4 is 5.32 Å². The maximum absolute atomic E-state index is 9.98. The topological polar surface area (TPSA) is 50.7 Å². The lowest BCUT2D eigenvalue weighted by molar-refractivity contribution is -0.134. The standard InChI is InChI=1S/C13H27NO3/c1-3-16-13(17-4-2)10-14-11-8-6-5-7-9-12(11)15/h11-15H,3-10H2,1-2H3. The first kappa shape index (κ1) is 14.9. The van der Waals surface area contributed by atoms with Gasteiger partial charge in [0.25, 0.3) is 0 Å². The summed E-state index contributed by atoms with van der Waals surface area (Å²) in [4.78, 5) is 0.